The highest BCUT2D eigenvalue weighted by atomic mass is 15.2. The molecule has 1 heterocycles. The molecule has 2 aromatic carbocycles. The molecule has 1 aliphatic rings. The Kier molecular flexibility index (Phi) is 3.41. The van der Waals surface area contributed by atoms with Gasteiger partial charge in [0.05, 0.1) is 11.4 Å². The average Bonchev–Trinajstić information content (AvgIpc) is 2.48. The van der Waals surface area contributed by atoms with Crippen LogP contribution in [0.1, 0.15) is 18.1 Å². The number of nitrogens with zero attached hydrogens (tertiary/aromatic N) is 1. The Balaban J connectivity index is 1.80. The highest BCUT2D eigenvalue weighted by Gasteiger charge is 2.15. The quantitative estimate of drug-likeness (QED) is 0.896. The van der Waals surface area contributed by atoms with Gasteiger partial charge in [-0.3, -0.25) is 0 Å². The summed E-state index contributed by atoms with van der Waals surface area (Å²) in [5.74, 6) is 0. The Morgan fingerprint density at radius 3 is 2.53 bits per heavy atom. The van der Waals surface area contributed by atoms with Crippen LogP contribution in [0.25, 0.3) is 0 Å². The van der Waals surface area contributed by atoms with E-state index in [1.165, 1.54) is 22.5 Å². The molecule has 2 heteroatoms. The molecule has 2 nitrogen and oxygen atoms in total. The van der Waals surface area contributed by atoms with Gasteiger partial charge in [0.2, 0.25) is 0 Å². The first-order chi connectivity index (χ1) is 9.36. The van der Waals surface area contributed by atoms with Crippen LogP contribution in [-0.4, -0.2) is 13.1 Å². The van der Waals surface area contributed by atoms with Crippen molar-refractivity contribution in [2.45, 2.75) is 19.9 Å². The highest BCUT2D eigenvalue weighted by Crippen LogP contribution is 2.29. The molecule has 0 unspecified atom stereocenters. The fraction of sp³-hybridized carbons (Fsp3) is 0.294. The van der Waals surface area contributed by atoms with Crippen LogP contribution in [0, 0.1) is 0 Å². The van der Waals surface area contributed by atoms with E-state index < -0.39 is 0 Å². The molecule has 1 aliphatic heterocycles. The fourth-order valence-corrected chi connectivity index (χ4v) is 2.61. The third-order valence-corrected chi connectivity index (χ3v) is 3.75. The molecule has 98 valence electrons. The zero-order valence-electron chi connectivity index (χ0n) is 11.4. The molecule has 0 aliphatic carbocycles. The lowest BCUT2D eigenvalue weighted by atomic mass is 10.1. The van der Waals surface area contributed by atoms with Crippen LogP contribution in [0.3, 0.4) is 0 Å². The van der Waals surface area contributed by atoms with Crippen LogP contribution in [0.4, 0.5) is 11.4 Å². The van der Waals surface area contributed by atoms with Crippen molar-refractivity contribution in [3.63, 3.8) is 0 Å². The lowest BCUT2D eigenvalue weighted by Crippen LogP contribution is -2.33. The summed E-state index contributed by atoms with van der Waals surface area (Å²) in [5, 5.41) is 3.45. The van der Waals surface area contributed by atoms with Gasteiger partial charge >= 0.3 is 0 Å². The van der Waals surface area contributed by atoms with Crippen LogP contribution in [-0.2, 0) is 13.0 Å². The number of nitrogens with one attached hydrogen (secondary N) is 1. The number of hydrogen-bond acceptors (Lipinski definition) is 2. The summed E-state index contributed by atoms with van der Waals surface area (Å²) in [5.41, 5.74) is 5.35. The number of aryl methyl sites for hydroxylation is 1. The maximum absolute atomic E-state index is 3.45. The fourth-order valence-electron chi connectivity index (χ4n) is 2.61. The largest absolute Gasteiger partial charge is 0.382 e. The average molecular weight is 252 g/mol. The van der Waals surface area contributed by atoms with Gasteiger partial charge in [0, 0.05) is 19.6 Å². The van der Waals surface area contributed by atoms with Crippen molar-refractivity contribution in [2.24, 2.45) is 0 Å². The molecule has 1 N–H and O–H groups in total. The Morgan fingerprint density at radius 1 is 1.00 bits per heavy atom. The second-order valence-corrected chi connectivity index (χ2v) is 5.04. The van der Waals surface area contributed by atoms with E-state index in [0.717, 1.165) is 26.1 Å². The Bertz CT molecular complexity index is 545. The molecule has 0 aromatic heterocycles. The van der Waals surface area contributed by atoms with Crippen LogP contribution in [0.2, 0.25) is 0 Å². The number of para-hydroxylation sites is 2. The van der Waals surface area contributed by atoms with Crippen molar-refractivity contribution in [3.8, 4) is 0 Å². The van der Waals surface area contributed by atoms with Crippen LogP contribution in [0.5, 0.6) is 0 Å². The summed E-state index contributed by atoms with van der Waals surface area (Å²) in [6.07, 6.45) is 1.11. The van der Waals surface area contributed by atoms with Crippen molar-refractivity contribution >= 4 is 11.4 Å². The first-order valence-corrected chi connectivity index (χ1v) is 7.02. The number of anilines is 2. The second kappa shape index (κ2) is 5.35. The molecule has 0 saturated heterocycles. The van der Waals surface area contributed by atoms with E-state index in [1.807, 2.05) is 0 Å². The molecule has 0 saturated carbocycles. The van der Waals surface area contributed by atoms with Crippen molar-refractivity contribution in [3.05, 3.63) is 59.7 Å². The van der Waals surface area contributed by atoms with E-state index in [2.05, 4.69) is 65.7 Å². The molecule has 0 radical (unpaired) electrons. The van der Waals surface area contributed by atoms with Gasteiger partial charge in [0.1, 0.15) is 0 Å². The Labute approximate surface area is 115 Å². The number of benzene rings is 2. The number of rotatable bonds is 3. The van der Waals surface area contributed by atoms with Crippen LogP contribution >= 0.6 is 0 Å². The zero-order chi connectivity index (χ0) is 13.1. The summed E-state index contributed by atoms with van der Waals surface area (Å²) >= 11 is 0. The minimum atomic E-state index is 0.989. The van der Waals surface area contributed by atoms with Gasteiger partial charge in [-0.2, -0.15) is 0 Å². The predicted molar refractivity (Wildman–Crippen MR) is 81.8 cm³/mol. The molecule has 0 amide bonds. The first kappa shape index (κ1) is 12.1. The standard InChI is InChI=1S/C17H20N2/c1-2-14-7-9-15(10-8-14)13-19-12-11-18-16-5-3-4-6-17(16)19/h3-10,18H,2,11-13H2,1H3. The highest BCUT2D eigenvalue weighted by molar-refractivity contribution is 5.71. The van der Waals surface area contributed by atoms with Gasteiger partial charge in [-0.1, -0.05) is 43.3 Å². The number of fused-ring (bicyclic) bond motifs is 1. The monoisotopic (exact) mass is 252 g/mol. The van der Waals surface area contributed by atoms with Gasteiger partial charge in [-0.15, -0.1) is 0 Å². The van der Waals surface area contributed by atoms with Crippen molar-refractivity contribution in [2.75, 3.05) is 23.3 Å². The predicted octanol–water partition coefficient (Wildman–Crippen LogP) is 3.68. The van der Waals surface area contributed by atoms with Crippen LogP contribution in [0.15, 0.2) is 48.5 Å². The lowest BCUT2D eigenvalue weighted by Gasteiger charge is -2.32. The molecule has 0 spiro atoms. The Hall–Kier alpha value is -1.96. The summed E-state index contributed by atoms with van der Waals surface area (Å²) in [6.45, 7) is 5.26. The summed E-state index contributed by atoms with van der Waals surface area (Å²) in [7, 11) is 0. The van der Waals surface area contributed by atoms with Gasteiger partial charge in [-0.05, 0) is 29.7 Å². The molecule has 3 rings (SSSR count). The summed E-state index contributed by atoms with van der Waals surface area (Å²) < 4.78 is 0. The van der Waals surface area contributed by atoms with E-state index in [-0.39, 0.29) is 0 Å². The third-order valence-electron chi connectivity index (χ3n) is 3.75. The lowest BCUT2D eigenvalue weighted by molar-refractivity contribution is 0.787. The van der Waals surface area contributed by atoms with Gasteiger partial charge < -0.3 is 10.2 Å². The topological polar surface area (TPSA) is 15.3 Å². The van der Waals surface area contributed by atoms with Crippen LogP contribution < -0.4 is 10.2 Å². The van der Waals surface area contributed by atoms with E-state index >= 15 is 0 Å². The van der Waals surface area contributed by atoms with E-state index in [9.17, 15) is 0 Å². The molecular formula is C17H20N2. The van der Waals surface area contributed by atoms with E-state index in [1.54, 1.807) is 0 Å². The normalized spacial score (nSPS) is 13.8. The zero-order valence-corrected chi connectivity index (χ0v) is 11.4. The molecular weight excluding hydrogens is 232 g/mol. The van der Waals surface area contributed by atoms with Gasteiger partial charge in [0.25, 0.3) is 0 Å². The van der Waals surface area contributed by atoms with Crippen molar-refractivity contribution in [1.82, 2.24) is 0 Å². The SMILES string of the molecule is CCc1ccc(CN2CCNc3ccccc32)cc1. The summed E-state index contributed by atoms with van der Waals surface area (Å²) in [4.78, 5) is 2.45. The molecule has 19 heavy (non-hydrogen) atoms. The first-order valence-electron chi connectivity index (χ1n) is 7.02. The maximum Gasteiger partial charge on any atom is 0.0605 e. The molecule has 2 aromatic rings. The molecule has 0 atom stereocenters. The molecule has 0 fully saturated rings. The van der Waals surface area contributed by atoms with E-state index in [0.29, 0.717) is 0 Å². The smallest absolute Gasteiger partial charge is 0.0605 e. The minimum absolute atomic E-state index is 0.989. The van der Waals surface area contributed by atoms with Gasteiger partial charge in [0.15, 0.2) is 0 Å². The van der Waals surface area contributed by atoms with Gasteiger partial charge in [-0.25, -0.2) is 0 Å². The van der Waals surface area contributed by atoms with Crippen molar-refractivity contribution in [1.29, 1.82) is 0 Å². The third kappa shape index (κ3) is 2.58. The molecule has 0 bridgehead atoms. The number of hydrogen-bond donors (Lipinski definition) is 1. The summed E-state index contributed by atoms with van der Waals surface area (Å²) in [6, 6.07) is 17.5. The van der Waals surface area contributed by atoms with E-state index in [4.69, 9.17) is 0 Å². The Morgan fingerprint density at radius 2 is 1.74 bits per heavy atom. The van der Waals surface area contributed by atoms with Crippen molar-refractivity contribution < 1.29 is 0 Å². The second-order valence-electron chi connectivity index (χ2n) is 5.04. The minimum Gasteiger partial charge on any atom is -0.382 e. The maximum atomic E-state index is 3.45.